The number of hydrogen-bond acceptors (Lipinski definition) is 3. The Morgan fingerprint density at radius 3 is 2.95 bits per heavy atom. The molecule has 104 valence electrons. The molecule has 1 amide bonds. The summed E-state index contributed by atoms with van der Waals surface area (Å²) in [5.41, 5.74) is 6.17. The van der Waals surface area contributed by atoms with Gasteiger partial charge in [0.05, 0.1) is 0 Å². The highest BCUT2D eigenvalue weighted by Gasteiger charge is 2.21. The zero-order chi connectivity index (χ0) is 13.8. The summed E-state index contributed by atoms with van der Waals surface area (Å²) in [5.74, 6) is 1.04. The smallest absolute Gasteiger partial charge is 0.254 e. The van der Waals surface area contributed by atoms with Gasteiger partial charge in [-0.3, -0.25) is 4.79 Å². The molecule has 1 fully saturated rings. The maximum absolute atomic E-state index is 12.4. The number of nitrogens with two attached hydrogens (primary N) is 1. The highest BCUT2D eigenvalue weighted by molar-refractivity contribution is 6.29. The summed E-state index contributed by atoms with van der Waals surface area (Å²) in [6.45, 7) is 3.85. The first-order valence-corrected chi connectivity index (χ1v) is 7.20. The van der Waals surface area contributed by atoms with Crippen LogP contribution in [-0.4, -0.2) is 28.9 Å². The van der Waals surface area contributed by atoms with Gasteiger partial charge in [0, 0.05) is 18.7 Å². The van der Waals surface area contributed by atoms with Crippen LogP contribution in [0.2, 0.25) is 5.15 Å². The van der Waals surface area contributed by atoms with E-state index >= 15 is 0 Å². The molecule has 1 atom stereocenters. The lowest BCUT2D eigenvalue weighted by Crippen LogP contribution is -2.32. The number of halogens is 1. The first kappa shape index (κ1) is 14.1. The fourth-order valence-electron chi connectivity index (χ4n) is 2.60. The Labute approximate surface area is 118 Å². The Kier molecular flexibility index (Phi) is 4.64. The van der Waals surface area contributed by atoms with E-state index in [0.29, 0.717) is 5.56 Å². The monoisotopic (exact) mass is 281 g/mol. The van der Waals surface area contributed by atoms with E-state index in [0.717, 1.165) is 31.8 Å². The molecule has 4 nitrogen and oxygen atoms in total. The first-order chi connectivity index (χ1) is 9.10. The predicted octanol–water partition coefficient (Wildman–Crippen LogP) is 2.97. The lowest BCUT2D eigenvalue weighted by Gasteiger charge is -2.20. The van der Waals surface area contributed by atoms with Crippen LogP contribution >= 0.6 is 11.6 Å². The van der Waals surface area contributed by atoms with Crippen molar-refractivity contribution in [2.75, 3.05) is 18.8 Å². The van der Waals surface area contributed by atoms with Gasteiger partial charge in [-0.25, -0.2) is 4.98 Å². The minimum atomic E-state index is 0.00718. The second-order valence-corrected chi connectivity index (χ2v) is 5.49. The van der Waals surface area contributed by atoms with Crippen LogP contribution in [0.4, 0.5) is 5.82 Å². The van der Waals surface area contributed by atoms with E-state index in [9.17, 15) is 4.79 Å². The Hall–Kier alpha value is -1.29. The number of carbonyl (C=O) groups is 1. The molecule has 1 aromatic heterocycles. The van der Waals surface area contributed by atoms with E-state index in [2.05, 4.69) is 11.9 Å². The first-order valence-electron chi connectivity index (χ1n) is 6.82. The normalized spacial score (nSPS) is 20.1. The van der Waals surface area contributed by atoms with E-state index < -0.39 is 0 Å². The zero-order valence-corrected chi connectivity index (χ0v) is 12.0. The lowest BCUT2D eigenvalue weighted by atomic mass is 9.98. The van der Waals surface area contributed by atoms with Gasteiger partial charge in [-0.2, -0.15) is 0 Å². The van der Waals surface area contributed by atoms with Gasteiger partial charge in [-0.05, 0) is 37.3 Å². The van der Waals surface area contributed by atoms with Crippen LogP contribution < -0.4 is 5.73 Å². The highest BCUT2D eigenvalue weighted by Crippen LogP contribution is 2.22. The summed E-state index contributed by atoms with van der Waals surface area (Å²) < 4.78 is 0. The SMILES string of the molecule is CCC1CCCN(C(=O)c2cc(N)nc(Cl)c2)CC1. The quantitative estimate of drug-likeness (QED) is 0.848. The molecule has 1 aromatic rings. The molecule has 5 heteroatoms. The molecule has 0 aliphatic carbocycles. The molecule has 2 N–H and O–H groups in total. The third-order valence-electron chi connectivity index (χ3n) is 3.77. The predicted molar refractivity (Wildman–Crippen MR) is 77.2 cm³/mol. The van der Waals surface area contributed by atoms with Crippen LogP contribution in [0, 0.1) is 5.92 Å². The van der Waals surface area contributed by atoms with E-state index in [1.165, 1.54) is 12.8 Å². The number of nitrogen functional groups attached to an aromatic ring is 1. The van der Waals surface area contributed by atoms with Crippen molar-refractivity contribution in [2.45, 2.75) is 32.6 Å². The van der Waals surface area contributed by atoms with Crippen molar-refractivity contribution in [3.8, 4) is 0 Å². The Morgan fingerprint density at radius 1 is 1.47 bits per heavy atom. The maximum atomic E-state index is 12.4. The number of amides is 1. The zero-order valence-electron chi connectivity index (χ0n) is 11.2. The summed E-state index contributed by atoms with van der Waals surface area (Å²) in [7, 11) is 0. The minimum absolute atomic E-state index is 0.00718. The molecular weight excluding hydrogens is 262 g/mol. The fourth-order valence-corrected chi connectivity index (χ4v) is 2.82. The van der Waals surface area contributed by atoms with Crippen LogP contribution in [0.5, 0.6) is 0 Å². The second-order valence-electron chi connectivity index (χ2n) is 5.10. The number of hydrogen-bond donors (Lipinski definition) is 1. The number of nitrogens with zero attached hydrogens (tertiary/aromatic N) is 2. The Bertz CT molecular complexity index is 444. The summed E-state index contributed by atoms with van der Waals surface area (Å²) >= 11 is 5.85. The summed E-state index contributed by atoms with van der Waals surface area (Å²) in [6.07, 6.45) is 4.55. The van der Waals surface area contributed by atoms with Crippen molar-refractivity contribution in [3.05, 3.63) is 22.8 Å². The molecule has 0 spiro atoms. The number of aromatic nitrogens is 1. The molecule has 1 aliphatic heterocycles. The minimum Gasteiger partial charge on any atom is -0.384 e. The number of rotatable bonds is 2. The average molecular weight is 282 g/mol. The number of likely N-dealkylation sites (tertiary alicyclic amines) is 1. The summed E-state index contributed by atoms with van der Waals surface area (Å²) in [5, 5.41) is 0.268. The molecular formula is C14H20ClN3O. The second kappa shape index (κ2) is 6.24. The Balaban J connectivity index is 2.10. The highest BCUT2D eigenvalue weighted by atomic mass is 35.5. The van der Waals surface area contributed by atoms with Crippen LogP contribution in [0.15, 0.2) is 12.1 Å². The van der Waals surface area contributed by atoms with Crippen molar-refractivity contribution < 1.29 is 4.79 Å². The molecule has 0 radical (unpaired) electrons. The average Bonchev–Trinajstić information content (AvgIpc) is 2.61. The summed E-state index contributed by atoms with van der Waals surface area (Å²) in [4.78, 5) is 18.2. The molecule has 0 bridgehead atoms. The van der Waals surface area contributed by atoms with Gasteiger partial charge in [0.2, 0.25) is 0 Å². The van der Waals surface area contributed by atoms with Crippen molar-refractivity contribution in [1.82, 2.24) is 9.88 Å². The Morgan fingerprint density at radius 2 is 2.26 bits per heavy atom. The van der Waals surface area contributed by atoms with E-state index in [1.807, 2.05) is 4.90 Å². The largest absolute Gasteiger partial charge is 0.384 e. The van der Waals surface area contributed by atoms with Gasteiger partial charge in [0.15, 0.2) is 0 Å². The molecule has 1 saturated heterocycles. The van der Waals surface area contributed by atoms with Gasteiger partial charge in [-0.1, -0.05) is 24.9 Å². The number of carbonyl (C=O) groups excluding carboxylic acids is 1. The number of pyridine rings is 1. The standard InChI is InChI=1S/C14H20ClN3O/c1-2-10-4-3-6-18(7-5-10)14(19)11-8-12(15)17-13(16)9-11/h8-10H,2-7H2,1H3,(H2,16,17). The van der Waals surface area contributed by atoms with Gasteiger partial charge < -0.3 is 10.6 Å². The van der Waals surface area contributed by atoms with Gasteiger partial charge in [0.25, 0.3) is 5.91 Å². The molecule has 2 heterocycles. The van der Waals surface area contributed by atoms with E-state index in [1.54, 1.807) is 12.1 Å². The van der Waals surface area contributed by atoms with E-state index in [-0.39, 0.29) is 16.9 Å². The van der Waals surface area contributed by atoms with Crippen LogP contribution in [0.1, 0.15) is 43.0 Å². The van der Waals surface area contributed by atoms with E-state index in [4.69, 9.17) is 17.3 Å². The topological polar surface area (TPSA) is 59.2 Å². The molecule has 2 rings (SSSR count). The van der Waals surface area contributed by atoms with Crippen LogP contribution in [0.3, 0.4) is 0 Å². The van der Waals surface area contributed by atoms with Gasteiger partial charge >= 0.3 is 0 Å². The third kappa shape index (κ3) is 3.60. The lowest BCUT2D eigenvalue weighted by molar-refractivity contribution is 0.0760. The molecule has 1 unspecified atom stereocenters. The molecule has 1 aliphatic rings. The maximum Gasteiger partial charge on any atom is 0.254 e. The van der Waals surface area contributed by atoms with Crippen molar-refractivity contribution in [2.24, 2.45) is 5.92 Å². The molecule has 0 aromatic carbocycles. The molecule has 0 saturated carbocycles. The van der Waals surface area contributed by atoms with Crippen molar-refractivity contribution >= 4 is 23.3 Å². The third-order valence-corrected chi connectivity index (χ3v) is 3.97. The van der Waals surface area contributed by atoms with Crippen molar-refractivity contribution in [3.63, 3.8) is 0 Å². The van der Waals surface area contributed by atoms with Crippen LogP contribution in [0.25, 0.3) is 0 Å². The van der Waals surface area contributed by atoms with Crippen molar-refractivity contribution in [1.29, 1.82) is 0 Å². The summed E-state index contributed by atoms with van der Waals surface area (Å²) in [6, 6.07) is 3.18. The van der Waals surface area contributed by atoms with Gasteiger partial charge in [-0.15, -0.1) is 0 Å². The molecule has 19 heavy (non-hydrogen) atoms. The fraction of sp³-hybridized carbons (Fsp3) is 0.571. The van der Waals surface area contributed by atoms with Gasteiger partial charge in [0.1, 0.15) is 11.0 Å². The number of anilines is 1. The van der Waals surface area contributed by atoms with Crippen LogP contribution in [-0.2, 0) is 0 Å².